The highest BCUT2D eigenvalue weighted by molar-refractivity contribution is 7.67. The molecule has 5 nitrogen and oxygen atoms in total. The SMILES string of the molecule is O=P1(CCCCCCOP2(=O)Oc3ccccc3-c3ccccc32)Oc2ccccc2-c2ccccc21. The van der Waals surface area contributed by atoms with Gasteiger partial charge in [-0.05, 0) is 42.7 Å². The summed E-state index contributed by atoms with van der Waals surface area (Å²) in [6.07, 6.45) is 3.76. The van der Waals surface area contributed by atoms with Crippen molar-refractivity contribution in [2.45, 2.75) is 25.7 Å². The lowest BCUT2D eigenvalue weighted by molar-refractivity contribution is 0.266. The van der Waals surface area contributed by atoms with Crippen molar-refractivity contribution in [1.82, 2.24) is 0 Å². The summed E-state index contributed by atoms with van der Waals surface area (Å²) in [6, 6.07) is 30.8. The first-order chi connectivity index (χ1) is 18.1. The summed E-state index contributed by atoms with van der Waals surface area (Å²) in [5, 5.41) is 1.42. The van der Waals surface area contributed by atoms with E-state index in [2.05, 4.69) is 0 Å². The van der Waals surface area contributed by atoms with Gasteiger partial charge in [-0.25, -0.2) is 4.57 Å². The minimum Gasteiger partial charge on any atom is -0.439 e. The average molecular weight is 530 g/mol. The molecular formula is C30H28O5P2. The van der Waals surface area contributed by atoms with E-state index in [0.717, 1.165) is 53.2 Å². The van der Waals surface area contributed by atoms with E-state index in [-0.39, 0.29) is 0 Å². The number of rotatable bonds is 8. The summed E-state index contributed by atoms with van der Waals surface area (Å²) in [5.74, 6) is 1.28. The second-order valence-corrected chi connectivity index (χ2v) is 13.7. The molecule has 2 unspecified atom stereocenters. The fourth-order valence-electron chi connectivity index (χ4n) is 5.09. The molecule has 2 atom stereocenters. The van der Waals surface area contributed by atoms with Crippen LogP contribution in [0.2, 0.25) is 0 Å². The fraction of sp³-hybridized carbons (Fsp3) is 0.200. The topological polar surface area (TPSA) is 61.8 Å². The predicted octanol–water partition coefficient (Wildman–Crippen LogP) is 7.80. The Bertz CT molecular complexity index is 1430. The van der Waals surface area contributed by atoms with Gasteiger partial charge in [0.1, 0.15) is 11.5 Å². The van der Waals surface area contributed by atoms with Crippen molar-refractivity contribution in [2.75, 3.05) is 12.8 Å². The second kappa shape index (κ2) is 9.99. The smallest absolute Gasteiger partial charge is 0.411 e. The highest BCUT2D eigenvalue weighted by Crippen LogP contribution is 2.56. The molecule has 2 aliphatic heterocycles. The molecule has 0 saturated heterocycles. The van der Waals surface area contributed by atoms with Crippen molar-refractivity contribution in [3.63, 3.8) is 0 Å². The molecule has 0 spiro atoms. The van der Waals surface area contributed by atoms with E-state index < -0.39 is 15.0 Å². The molecule has 4 aromatic rings. The number of fused-ring (bicyclic) bond motifs is 6. The lowest BCUT2D eigenvalue weighted by atomic mass is 10.0. The molecule has 37 heavy (non-hydrogen) atoms. The molecule has 0 N–H and O–H groups in total. The first-order valence-electron chi connectivity index (χ1n) is 12.7. The molecule has 2 aliphatic rings. The van der Waals surface area contributed by atoms with Crippen LogP contribution in [0.4, 0.5) is 0 Å². The van der Waals surface area contributed by atoms with E-state index in [1.807, 2.05) is 97.1 Å². The number of benzene rings is 4. The molecule has 2 heterocycles. The van der Waals surface area contributed by atoms with Gasteiger partial charge in [0.2, 0.25) is 0 Å². The van der Waals surface area contributed by atoms with Crippen LogP contribution in [-0.4, -0.2) is 12.8 Å². The highest BCUT2D eigenvalue weighted by Gasteiger charge is 2.37. The van der Waals surface area contributed by atoms with E-state index >= 15 is 0 Å². The minimum absolute atomic E-state index is 0.331. The van der Waals surface area contributed by atoms with Gasteiger partial charge in [0.05, 0.1) is 17.2 Å². The summed E-state index contributed by atoms with van der Waals surface area (Å²) >= 11 is 0. The summed E-state index contributed by atoms with van der Waals surface area (Å²) < 4.78 is 45.5. The molecular weight excluding hydrogens is 502 g/mol. The third kappa shape index (κ3) is 4.57. The van der Waals surface area contributed by atoms with Crippen LogP contribution in [0, 0.1) is 0 Å². The van der Waals surface area contributed by atoms with Gasteiger partial charge < -0.3 is 9.05 Å². The Hall–Kier alpha value is -3.10. The molecule has 0 saturated carbocycles. The van der Waals surface area contributed by atoms with Crippen LogP contribution < -0.4 is 19.7 Å². The molecule has 0 bridgehead atoms. The van der Waals surface area contributed by atoms with E-state index in [4.69, 9.17) is 13.6 Å². The van der Waals surface area contributed by atoms with Crippen LogP contribution >= 0.6 is 15.0 Å². The molecule has 6 rings (SSSR count). The van der Waals surface area contributed by atoms with Gasteiger partial charge in [0.25, 0.3) is 7.37 Å². The Morgan fingerprint density at radius 2 is 1.05 bits per heavy atom. The minimum atomic E-state index is -3.46. The third-order valence-corrected chi connectivity index (χ3v) is 11.4. The summed E-state index contributed by atoms with van der Waals surface area (Å²) in [5.41, 5.74) is 3.81. The molecule has 0 radical (unpaired) electrons. The highest BCUT2D eigenvalue weighted by atomic mass is 31.2. The zero-order valence-corrected chi connectivity index (χ0v) is 22.2. The summed E-state index contributed by atoms with van der Waals surface area (Å²) in [4.78, 5) is 0. The van der Waals surface area contributed by atoms with Crippen LogP contribution in [-0.2, 0) is 13.7 Å². The van der Waals surface area contributed by atoms with Crippen LogP contribution in [0.25, 0.3) is 22.3 Å². The van der Waals surface area contributed by atoms with Crippen LogP contribution in [0.5, 0.6) is 11.5 Å². The number of unbranched alkanes of at least 4 members (excludes halogenated alkanes) is 3. The zero-order valence-electron chi connectivity index (χ0n) is 20.4. The molecule has 7 heteroatoms. The van der Waals surface area contributed by atoms with E-state index in [1.54, 1.807) is 0 Å². The van der Waals surface area contributed by atoms with E-state index in [1.165, 1.54) is 0 Å². The quantitative estimate of drug-likeness (QED) is 0.172. The Morgan fingerprint density at radius 3 is 1.76 bits per heavy atom. The van der Waals surface area contributed by atoms with Gasteiger partial charge in [0.15, 0.2) is 0 Å². The molecule has 0 aliphatic carbocycles. The Balaban J connectivity index is 1.04. The Morgan fingerprint density at radius 1 is 0.541 bits per heavy atom. The van der Waals surface area contributed by atoms with Crippen molar-refractivity contribution in [3.05, 3.63) is 97.1 Å². The number of hydrogen-bond donors (Lipinski definition) is 0. The lowest BCUT2D eigenvalue weighted by Gasteiger charge is -2.28. The van der Waals surface area contributed by atoms with Crippen molar-refractivity contribution >= 4 is 25.6 Å². The van der Waals surface area contributed by atoms with Gasteiger partial charge in [-0.3, -0.25) is 9.09 Å². The van der Waals surface area contributed by atoms with Crippen LogP contribution in [0.3, 0.4) is 0 Å². The summed E-state index contributed by atoms with van der Waals surface area (Å²) in [7, 11) is -6.44. The van der Waals surface area contributed by atoms with Gasteiger partial charge in [-0.2, -0.15) is 0 Å². The second-order valence-electron chi connectivity index (χ2n) is 9.35. The predicted molar refractivity (Wildman–Crippen MR) is 149 cm³/mol. The Labute approximate surface area is 217 Å². The van der Waals surface area contributed by atoms with E-state index in [0.29, 0.717) is 29.6 Å². The van der Waals surface area contributed by atoms with Gasteiger partial charge in [-0.15, -0.1) is 0 Å². The maximum absolute atomic E-state index is 13.9. The van der Waals surface area contributed by atoms with Gasteiger partial charge in [0, 0.05) is 22.9 Å². The molecule has 0 amide bonds. The number of para-hydroxylation sites is 2. The molecule has 0 fully saturated rings. The third-order valence-electron chi connectivity index (χ3n) is 6.90. The first kappa shape index (κ1) is 24.2. The van der Waals surface area contributed by atoms with E-state index in [9.17, 15) is 9.13 Å². The number of hydrogen-bond acceptors (Lipinski definition) is 5. The standard InChI is InChI=1S/C30H28O5P2/c31-36(29-19-9-5-15-25(29)23-13-3-7-17-27(23)34-36)22-12-2-1-11-21-33-37(32)30-20-10-6-16-26(30)24-14-4-8-18-28(24)35-37/h3-10,13-20H,1-2,11-12,21-22H2. The first-order valence-corrected chi connectivity index (χ1v) is 16.0. The summed E-state index contributed by atoms with van der Waals surface area (Å²) in [6.45, 7) is 0.331. The van der Waals surface area contributed by atoms with Crippen molar-refractivity contribution in [2.24, 2.45) is 0 Å². The average Bonchev–Trinajstić information content (AvgIpc) is 2.93. The van der Waals surface area contributed by atoms with Crippen LogP contribution in [0.1, 0.15) is 25.7 Å². The zero-order chi connectivity index (χ0) is 25.3. The fourth-order valence-corrected chi connectivity index (χ4v) is 9.34. The lowest BCUT2D eigenvalue weighted by Crippen LogP contribution is -2.20. The van der Waals surface area contributed by atoms with Crippen molar-refractivity contribution in [3.8, 4) is 33.8 Å². The monoisotopic (exact) mass is 530 g/mol. The van der Waals surface area contributed by atoms with Gasteiger partial charge >= 0.3 is 7.60 Å². The van der Waals surface area contributed by atoms with Crippen LogP contribution in [0.15, 0.2) is 97.1 Å². The van der Waals surface area contributed by atoms with Crippen molar-refractivity contribution < 1.29 is 22.7 Å². The maximum Gasteiger partial charge on any atom is 0.411 e. The maximum atomic E-state index is 13.9. The molecule has 4 aromatic carbocycles. The Kier molecular flexibility index (Phi) is 6.55. The largest absolute Gasteiger partial charge is 0.439 e. The molecule has 0 aromatic heterocycles. The van der Waals surface area contributed by atoms with Crippen molar-refractivity contribution in [1.29, 1.82) is 0 Å². The van der Waals surface area contributed by atoms with Gasteiger partial charge in [-0.1, -0.05) is 85.6 Å². The molecule has 188 valence electrons. The normalized spacial score (nSPS) is 21.0.